The Morgan fingerprint density at radius 1 is 1.17 bits per heavy atom. The van der Waals surface area contributed by atoms with E-state index in [1.807, 2.05) is 20.8 Å². The molecule has 6 nitrogen and oxygen atoms in total. The van der Waals surface area contributed by atoms with Crippen LogP contribution in [0.1, 0.15) is 49.2 Å². The minimum absolute atomic E-state index is 0.0540. The van der Waals surface area contributed by atoms with Crippen LogP contribution in [0, 0.1) is 5.82 Å². The highest BCUT2D eigenvalue weighted by molar-refractivity contribution is 6.08. The highest BCUT2D eigenvalue weighted by atomic mass is 19.3. The van der Waals surface area contributed by atoms with Gasteiger partial charge in [-0.1, -0.05) is 13.8 Å². The molecule has 0 atom stereocenters. The number of pyridine rings is 2. The summed E-state index contributed by atoms with van der Waals surface area (Å²) in [6.07, 6.45) is 2.55. The molecule has 3 heterocycles. The number of halogens is 3. The Balaban J connectivity index is 1.78. The fraction of sp³-hybridized carbons (Fsp3) is 0.346. The minimum Gasteiger partial charge on any atom is -0.494 e. The summed E-state index contributed by atoms with van der Waals surface area (Å²) in [4.78, 5) is 23.2. The van der Waals surface area contributed by atoms with E-state index in [0.717, 1.165) is 5.69 Å². The van der Waals surface area contributed by atoms with Crippen molar-refractivity contribution in [3.05, 3.63) is 65.9 Å². The van der Waals surface area contributed by atoms with Crippen molar-refractivity contribution in [2.75, 3.05) is 29.9 Å². The van der Waals surface area contributed by atoms with E-state index >= 15 is 0 Å². The molecular formula is C26H27F3N4O2. The van der Waals surface area contributed by atoms with E-state index in [1.54, 1.807) is 18.2 Å². The third-order valence-corrected chi connectivity index (χ3v) is 5.82. The van der Waals surface area contributed by atoms with Crippen LogP contribution in [0.4, 0.5) is 24.7 Å². The zero-order valence-corrected chi connectivity index (χ0v) is 19.8. The van der Waals surface area contributed by atoms with Gasteiger partial charge in [0, 0.05) is 42.2 Å². The molecule has 1 saturated heterocycles. The minimum atomic E-state index is -2.88. The van der Waals surface area contributed by atoms with Gasteiger partial charge >= 0.3 is 0 Å². The van der Waals surface area contributed by atoms with Crippen LogP contribution < -0.4 is 15.0 Å². The summed E-state index contributed by atoms with van der Waals surface area (Å²) in [6.45, 7) is 5.70. The largest absolute Gasteiger partial charge is 0.494 e. The van der Waals surface area contributed by atoms with Crippen molar-refractivity contribution in [1.29, 1.82) is 0 Å². The molecule has 0 unspecified atom stereocenters. The molecule has 35 heavy (non-hydrogen) atoms. The maximum Gasteiger partial charge on any atom is 0.266 e. The maximum absolute atomic E-state index is 15.0. The van der Waals surface area contributed by atoms with Crippen LogP contribution in [-0.2, 0) is 0 Å². The van der Waals surface area contributed by atoms with Gasteiger partial charge in [0.1, 0.15) is 11.6 Å². The Hall–Kier alpha value is -3.62. The number of hydrogen-bond acceptors (Lipinski definition) is 5. The first-order valence-corrected chi connectivity index (χ1v) is 11.5. The summed E-state index contributed by atoms with van der Waals surface area (Å²) < 4.78 is 48.5. The van der Waals surface area contributed by atoms with Crippen molar-refractivity contribution in [3.8, 4) is 16.9 Å². The van der Waals surface area contributed by atoms with Gasteiger partial charge in [0.2, 0.25) is 0 Å². The second-order valence-electron chi connectivity index (χ2n) is 8.74. The summed E-state index contributed by atoms with van der Waals surface area (Å²) >= 11 is 0. The van der Waals surface area contributed by atoms with Gasteiger partial charge < -0.3 is 15.0 Å². The van der Waals surface area contributed by atoms with Crippen LogP contribution in [0.5, 0.6) is 5.75 Å². The van der Waals surface area contributed by atoms with Gasteiger partial charge in [-0.2, -0.15) is 0 Å². The van der Waals surface area contributed by atoms with Crippen molar-refractivity contribution in [1.82, 2.24) is 9.97 Å². The Kier molecular flexibility index (Phi) is 6.95. The number of rotatable bonds is 7. The first kappa shape index (κ1) is 24.5. The van der Waals surface area contributed by atoms with Gasteiger partial charge in [0.25, 0.3) is 11.8 Å². The number of benzene rings is 1. The zero-order chi connectivity index (χ0) is 25.2. The molecule has 3 aromatic rings. The van der Waals surface area contributed by atoms with Crippen LogP contribution >= 0.6 is 0 Å². The molecule has 1 fully saturated rings. The number of alkyl halides is 2. The summed E-state index contributed by atoms with van der Waals surface area (Å²) in [5.41, 5.74) is 1.73. The van der Waals surface area contributed by atoms with Crippen LogP contribution in [0.25, 0.3) is 11.1 Å². The molecule has 0 aliphatic carbocycles. The molecule has 4 rings (SSSR count). The molecule has 0 saturated carbocycles. The number of ether oxygens (including phenoxy) is 1. The number of hydrogen-bond donors (Lipinski definition) is 1. The molecule has 1 aliphatic heterocycles. The molecule has 1 aliphatic rings. The molecule has 1 amide bonds. The van der Waals surface area contributed by atoms with E-state index in [-0.39, 0.29) is 41.5 Å². The van der Waals surface area contributed by atoms with Crippen LogP contribution in [0.2, 0.25) is 0 Å². The van der Waals surface area contributed by atoms with Gasteiger partial charge in [-0.25, -0.2) is 18.2 Å². The second kappa shape index (κ2) is 9.93. The van der Waals surface area contributed by atoms with Crippen LogP contribution in [0.15, 0.2) is 48.8 Å². The number of nitrogens with one attached hydrogen (secondary N) is 1. The number of amides is 1. The van der Waals surface area contributed by atoms with E-state index in [9.17, 15) is 18.0 Å². The van der Waals surface area contributed by atoms with Crippen molar-refractivity contribution in [2.45, 2.75) is 39.0 Å². The van der Waals surface area contributed by atoms with Crippen molar-refractivity contribution < 1.29 is 22.7 Å². The SMILES string of the molecule is CCOc1ccc(F)c(-c2ccnc(N3CCC(F)(F)C3)c2NC(=O)c2ccc(C(C)C)nc2)c1. The molecule has 9 heteroatoms. The fourth-order valence-electron chi connectivity index (χ4n) is 3.99. The Bertz CT molecular complexity index is 1220. The summed E-state index contributed by atoms with van der Waals surface area (Å²) in [5, 5.41) is 2.79. The van der Waals surface area contributed by atoms with E-state index < -0.39 is 24.2 Å². The lowest BCUT2D eigenvalue weighted by Crippen LogP contribution is -2.27. The third-order valence-electron chi connectivity index (χ3n) is 5.82. The third kappa shape index (κ3) is 5.39. The lowest BCUT2D eigenvalue weighted by atomic mass is 10.0. The molecule has 0 radical (unpaired) electrons. The highest BCUT2D eigenvalue weighted by Gasteiger charge is 2.40. The quantitative estimate of drug-likeness (QED) is 0.452. The topological polar surface area (TPSA) is 67.3 Å². The molecule has 0 spiro atoms. The van der Waals surface area contributed by atoms with Gasteiger partial charge in [-0.05, 0) is 49.2 Å². The Morgan fingerprint density at radius 2 is 1.97 bits per heavy atom. The predicted octanol–water partition coefficient (Wildman–Crippen LogP) is 5.90. The Morgan fingerprint density at radius 3 is 2.60 bits per heavy atom. The molecule has 1 aromatic carbocycles. The van der Waals surface area contributed by atoms with E-state index in [1.165, 1.54) is 35.5 Å². The molecule has 2 aromatic heterocycles. The maximum atomic E-state index is 15.0. The smallest absolute Gasteiger partial charge is 0.266 e. The monoisotopic (exact) mass is 484 g/mol. The standard InChI is InChI=1S/C26H27F3N4O2/c1-4-35-18-6-7-21(27)20(13-18)19-9-11-30-24(33-12-10-26(28,29)15-33)23(19)32-25(34)17-5-8-22(16(2)3)31-14-17/h5-9,11,13-14,16H,4,10,12,15H2,1-3H3,(H,32,34). The number of carbonyl (C=O) groups is 1. The summed E-state index contributed by atoms with van der Waals surface area (Å²) in [7, 11) is 0. The van der Waals surface area contributed by atoms with E-state index in [2.05, 4.69) is 15.3 Å². The number of aromatic nitrogens is 2. The average molecular weight is 485 g/mol. The van der Waals surface area contributed by atoms with Crippen molar-refractivity contribution >= 4 is 17.4 Å². The highest BCUT2D eigenvalue weighted by Crippen LogP contribution is 2.40. The van der Waals surface area contributed by atoms with E-state index in [0.29, 0.717) is 17.9 Å². The van der Waals surface area contributed by atoms with E-state index in [4.69, 9.17) is 4.74 Å². The van der Waals surface area contributed by atoms with Gasteiger partial charge in [0.05, 0.1) is 24.4 Å². The first-order chi connectivity index (χ1) is 16.7. The molecular weight excluding hydrogens is 457 g/mol. The average Bonchev–Trinajstić information content (AvgIpc) is 3.20. The second-order valence-corrected chi connectivity index (χ2v) is 8.74. The number of carbonyl (C=O) groups excluding carboxylic acids is 1. The Labute approximate surface area is 202 Å². The number of nitrogens with zero attached hydrogens (tertiary/aromatic N) is 3. The lowest BCUT2D eigenvalue weighted by molar-refractivity contribution is 0.0257. The van der Waals surface area contributed by atoms with Crippen LogP contribution in [0.3, 0.4) is 0 Å². The molecule has 0 bridgehead atoms. The normalized spacial score (nSPS) is 14.9. The lowest BCUT2D eigenvalue weighted by Gasteiger charge is -2.23. The van der Waals surface area contributed by atoms with Crippen LogP contribution in [-0.4, -0.2) is 41.5 Å². The van der Waals surface area contributed by atoms with Gasteiger partial charge in [-0.15, -0.1) is 0 Å². The van der Waals surface area contributed by atoms with Crippen molar-refractivity contribution in [2.24, 2.45) is 0 Å². The first-order valence-electron chi connectivity index (χ1n) is 11.5. The fourth-order valence-corrected chi connectivity index (χ4v) is 3.99. The molecule has 184 valence electrons. The predicted molar refractivity (Wildman–Crippen MR) is 129 cm³/mol. The van der Waals surface area contributed by atoms with Gasteiger partial charge in [-0.3, -0.25) is 9.78 Å². The van der Waals surface area contributed by atoms with Crippen molar-refractivity contribution in [3.63, 3.8) is 0 Å². The van der Waals surface area contributed by atoms with Gasteiger partial charge in [0.15, 0.2) is 5.82 Å². The summed E-state index contributed by atoms with van der Waals surface area (Å²) in [5.74, 6) is -3.13. The molecule has 1 N–H and O–H groups in total. The number of anilines is 2. The summed E-state index contributed by atoms with van der Waals surface area (Å²) in [6, 6.07) is 9.24. The zero-order valence-electron chi connectivity index (χ0n) is 19.8.